The average Bonchev–Trinajstić information content (AvgIpc) is 2.62. The minimum Gasteiger partial charge on any atom is -0.384 e. The molecule has 78 valence electrons. The molecule has 0 saturated carbocycles. The maximum atomic E-state index is 11.5. The zero-order valence-electron chi connectivity index (χ0n) is 8.70. The highest BCUT2D eigenvalue weighted by Crippen LogP contribution is 2.33. The van der Waals surface area contributed by atoms with Gasteiger partial charge in [-0.25, -0.2) is 0 Å². The van der Waals surface area contributed by atoms with Gasteiger partial charge in [-0.3, -0.25) is 4.79 Å². The van der Waals surface area contributed by atoms with Gasteiger partial charge in [0, 0.05) is 31.0 Å². The molecule has 0 aliphatic carbocycles. The molecule has 2 rings (SSSR count). The van der Waals surface area contributed by atoms with E-state index in [-0.39, 0.29) is 5.78 Å². The van der Waals surface area contributed by atoms with Crippen LogP contribution in [0.5, 0.6) is 0 Å². The first-order valence-electron chi connectivity index (χ1n) is 5.26. The van der Waals surface area contributed by atoms with Crippen LogP contribution in [0.3, 0.4) is 0 Å². The molecule has 1 heterocycles. The van der Waals surface area contributed by atoms with Crippen molar-refractivity contribution in [1.29, 1.82) is 0 Å². The maximum Gasteiger partial charge on any atom is 0.137 e. The molecular weight excluding hydrogens is 186 g/mol. The van der Waals surface area contributed by atoms with Crippen molar-refractivity contribution in [2.24, 2.45) is 0 Å². The highest BCUT2D eigenvalue weighted by molar-refractivity contribution is 5.81. The second-order valence-electron chi connectivity index (χ2n) is 3.90. The number of rotatable bonds is 4. The van der Waals surface area contributed by atoms with Crippen LogP contribution >= 0.6 is 0 Å². The molecule has 1 aliphatic heterocycles. The molecule has 2 heteroatoms. The molecule has 2 nitrogen and oxygen atoms in total. The number of anilines is 1. The smallest absolute Gasteiger partial charge is 0.137 e. The first kappa shape index (κ1) is 9.97. The molecule has 1 aromatic carbocycles. The van der Waals surface area contributed by atoms with E-state index in [1.165, 1.54) is 11.3 Å². The zero-order chi connectivity index (χ0) is 10.7. The maximum absolute atomic E-state index is 11.5. The van der Waals surface area contributed by atoms with E-state index in [1.807, 2.05) is 12.1 Å². The molecule has 0 spiro atoms. The summed E-state index contributed by atoms with van der Waals surface area (Å²) in [5.41, 5.74) is 2.45. The zero-order valence-corrected chi connectivity index (χ0v) is 8.70. The van der Waals surface area contributed by atoms with Crippen LogP contribution in [0.25, 0.3) is 0 Å². The number of carbonyl (C=O) groups excluding carboxylic acids is 1. The Kier molecular flexibility index (Phi) is 2.86. The van der Waals surface area contributed by atoms with Crippen molar-refractivity contribution >= 4 is 11.5 Å². The Labute approximate surface area is 90.0 Å². The summed E-state index contributed by atoms with van der Waals surface area (Å²) in [5.74, 6) is 0.613. The highest BCUT2D eigenvalue weighted by Gasteiger charge is 2.23. The number of ketones is 1. The average molecular weight is 201 g/mol. The SMILES string of the molecule is C=CCC(=O)CC1CNc2ccccc21. The highest BCUT2D eigenvalue weighted by atomic mass is 16.1. The number of allylic oxidation sites excluding steroid dienone is 1. The second-order valence-corrected chi connectivity index (χ2v) is 3.90. The Morgan fingerprint density at radius 3 is 3.13 bits per heavy atom. The van der Waals surface area contributed by atoms with Gasteiger partial charge < -0.3 is 5.32 Å². The van der Waals surface area contributed by atoms with E-state index >= 15 is 0 Å². The molecule has 0 aromatic heterocycles. The second kappa shape index (κ2) is 4.30. The molecule has 15 heavy (non-hydrogen) atoms. The van der Waals surface area contributed by atoms with E-state index in [4.69, 9.17) is 0 Å². The van der Waals surface area contributed by atoms with Gasteiger partial charge in [0.05, 0.1) is 0 Å². The number of para-hydroxylation sites is 1. The number of hydrogen-bond donors (Lipinski definition) is 1. The topological polar surface area (TPSA) is 29.1 Å². The van der Waals surface area contributed by atoms with E-state index in [2.05, 4.69) is 24.0 Å². The Morgan fingerprint density at radius 1 is 1.53 bits per heavy atom. The first-order valence-corrected chi connectivity index (χ1v) is 5.26. The predicted octanol–water partition coefficient (Wildman–Crippen LogP) is 2.73. The van der Waals surface area contributed by atoms with Gasteiger partial charge in [0.1, 0.15) is 5.78 Å². The number of hydrogen-bond acceptors (Lipinski definition) is 2. The molecule has 0 bridgehead atoms. The quantitative estimate of drug-likeness (QED) is 0.759. The van der Waals surface area contributed by atoms with Crippen LogP contribution in [0.15, 0.2) is 36.9 Å². The van der Waals surface area contributed by atoms with Gasteiger partial charge in [0.2, 0.25) is 0 Å². The lowest BCUT2D eigenvalue weighted by Gasteiger charge is -2.07. The summed E-state index contributed by atoms with van der Waals surface area (Å²) < 4.78 is 0. The molecule has 1 atom stereocenters. The minimum absolute atomic E-state index is 0.272. The number of Topliss-reactive ketones (excluding diaryl/α,β-unsaturated/α-hetero) is 1. The summed E-state index contributed by atoms with van der Waals surface area (Å²) in [6, 6.07) is 8.20. The monoisotopic (exact) mass is 201 g/mol. The molecule has 1 N–H and O–H groups in total. The van der Waals surface area contributed by atoms with Gasteiger partial charge in [0.15, 0.2) is 0 Å². The van der Waals surface area contributed by atoms with Crippen LogP contribution in [0.2, 0.25) is 0 Å². The third kappa shape index (κ3) is 2.09. The Bertz CT molecular complexity index is 384. The Balaban J connectivity index is 2.07. The molecule has 0 radical (unpaired) electrons. The summed E-state index contributed by atoms with van der Waals surface area (Å²) in [4.78, 5) is 11.5. The molecule has 0 saturated heterocycles. The fourth-order valence-electron chi connectivity index (χ4n) is 2.06. The third-order valence-corrected chi connectivity index (χ3v) is 2.79. The van der Waals surface area contributed by atoms with E-state index in [1.54, 1.807) is 6.08 Å². The van der Waals surface area contributed by atoms with Gasteiger partial charge in [-0.15, -0.1) is 6.58 Å². The first-order chi connectivity index (χ1) is 7.31. The standard InChI is InChI=1S/C13H15NO/c1-2-5-11(15)8-10-9-14-13-7-4-3-6-12(10)13/h2-4,6-7,10,14H,1,5,8-9H2. The molecule has 1 unspecified atom stereocenters. The lowest BCUT2D eigenvalue weighted by atomic mass is 9.95. The summed E-state index contributed by atoms with van der Waals surface area (Å²) >= 11 is 0. The number of fused-ring (bicyclic) bond motifs is 1. The lowest BCUT2D eigenvalue weighted by Crippen LogP contribution is -2.08. The third-order valence-electron chi connectivity index (χ3n) is 2.79. The van der Waals surface area contributed by atoms with Gasteiger partial charge in [-0.2, -0.15) is 0 Å². The lowest BCUT2D eigenvalue weighted by molar-refractivity contribution is -0.118. The van der Waals surface area contributed by atoms with Gasteiger partial charge in [-0.05, 0) is 11.6 Å². The summed E-state index contributed by atoms with van der Waals surface area (Å²) in [5, 5.41) is 3.32. The van der Waals surface area contributed by atoms with E-state index in [0.717, 1.165) is 6.54 Å². The molecule has 0 fully saturated rings. The van der Waals surface area contributed by atoms with Gasteiger partial charge in [0.25, 0.3) is 0 Å². The normalized spacial score (nSPS) is 18.0. The van der Waals surface area contributed by atoms with E-state index in [9.17, 15) is 4.79 Å². The molecule has 1 aliphatic rings. The van der Waals surface area contributed by atoms with Crippen molar-refractivity contribution in [3.8, 4) is 0 Å². The van der Waals surface area contributed by atoms with Crippen LogP contribution in [-0.2, 0) is 4.79 Å². The summed E-state index contributed by atoms with van der Waals surface area (Å²) in [6.45, 7) is 4.46. The Morgan fingerprint density at radius 2 is 2.33 bits per heavy atom. The van der Waals surface area contributed by atoms with Gasteiger partial charge in [-0.1, -0.05) is 24.3 Å². The van der Waals surface area contributed by atoms with E-state index in [0.29, 0.717) is 18.8 Å². The molecular formula is C13H15NO. The molecule has 0 amide bonds. The fourth-order valence-corrected chi connectivity index (χ4v) is 2.06. The number of nitrogens with one attached hydrogen (secondary N) is 1. The van der Waals surface area contributed by atoms with Crippen LogP contribution in [-0.4, -0.2) is 12.3 Å². The van der Waals surface area contributed by atoms with Crippen molar-refractivity contribution in [2.45, 2.75) is 18.8 Å². The number of benzene rings is 1. The van der Waals surface area contributed by atoms with Crippen LogP contribution < -0.4 is 5.32 Å². The van der Waals surface area contributed by atoms with E-state index < -0.39 is 0 Å². The van der Waals surface area contributed by atoms with Crippen molar-refractivity contribution in [3.05, 3.63) is 42.5 Å². The van der Waals surface area contributed by atoms with Crippen molar-refractivity contribution in [1.82, 2.24) is 0 Å². The number of carbonyl (C=O) groups is 1. The van der Waals surface area contributed by atoms with Crippen molar-refractivity contribution in [3.63, 3.8) is 0 Å². The van der Waals surface area contributed by atoms with Crippen LogP contribution in [0.4, 0.5) is 5.69 Å². The summed E-state index contributed by atoms with van der Waals surface area (Å²) in [7, 11) is 0. The Hall–Kier alpha value is -1.57. The van der Waals surface area contributed by atoms with Crippen molar-refractivity contribution in [2.75, 3.05) is 11.9 Å². The predicted molar refractivity (Wildman–Crippen MR) is 62.1 cm³/mol. The minimum atomic E-state index is 0.272. The van der Waals surface area contributed by atoms with Gasteiger partial charge >= 0.3 is 0 Å². The van der Waals surface area contributed by atoms with Crippen LogP contribution in [0.1, 0.15) is 24.3 Å². The summed E-state index contributed by atoms with van der Waals surface area (Å²) in [6.07, 6.45) is 2.78. The van der Waals surface area contributed by atoms with Crippen LogP contribution in [0, 0.1) is 0 Å². The van der Waals surface area contributed by atoms with Crippen molar-refractivity contribution < 1.29 is 4.79 Å². The molecule has 1 aromatic rings. The fraction of sp³-hybridized carbons (Fsp3) is 0.308. The largest absolute Gasteiger partial charge is 0.384 e.